The van der Waals surface area contributed by atoms with Crippen molar-refractivity contribution in [3.8, 4) is 0 Å². The summed E-state index contributed by atoms with van der Waals surface area (Å²) >= 11 is 1.22. The summed E-state index contributed by atoms with van der Waals surface area (Å²) in [5.74, 6) is 1.64. The molecule has 1 aliphatic heterocycles. The second-order valence-electron chi connectivity index (χ2n) is 16.5. The van der Waals surface area contributed by atoms with Gasteiger partial charge in [0.1, 0.15) is 11.3 Å². The first kappa shape index (κ1) is 56.8. The smallest absolute Gasteiger partial charge is 0.190 e. The van der Waals surface area contributed by atoms with Crippen LogP contribution >= 0.6 is 11.8 Å². The zero-order valence-electron chi connectivity index (χ0n) is 41.2. The Morgan fingerprint density at radius 3 is 1.61 bits per heavy atom. The molecule has 0 spiro atoms. The summed E-state index contributed by atoms with van der Waals surface area (Å²) < 4.78 is 58.0. The van der Waals surface area contributed by atoms with Crippen molar-refractivity contribution >= 4 is 50.3 Å². The van der Waals surface area contributed by atoms with Gasteiger partial charge in [0, 0.05) is 63.2 Å². The van der Waals surface area contributed by atoms with E-state index >= 15 is 0 Å². The highest BCUT2D eigenvalue weighted by Crippen LogP contribution is 2.33. The maximum Gasteiger partial charge on any atom is 0.190 e. The standard InChI is InChI=1S/C48H83N7O11S/c1-5-6-9-44-51-46-47(55(44)14-8-7-13-52(2)3)42-40-41(10-11-43(42)50-48(46)49)54-17-15-53(16-18-54)19-21-58-23-25-60-27-29-62-31-33-64-35-37-66-39-38-65-36-34-63-32-30-61-28-26-59-24-22-57-20-12-45(56)67-4/h10-11,40H,5-9,12-39H2,1-4H3,(H2,49,50). The van der Waals surface area contributed by atoms with Crippen LogP contribution in [-0.2, 0) is 65.1 Å². The number of rotatable bonds is 42. The molecule has 2 aromatic heterocycles. The van der Waals surface area contributed by atoms with Gasteiger partial charge in [-0.15, -0.1) is 0 Å². The summed E-state index contributed by atoms with van der Waals surface area (Å²) in [5, 5.41) is 1.26. The fourth-order valence-electron chi connectivity index (χ4n) is 7.37. The maximum atomic E-state index is 11.2. The minimum absolute atomic E-state index is 0.131. The Balaban J connectivity index is 0.919. The lowest BCUT2D eigenvalue weighted by molar-refractivity contribution is -0.112. The first-order valence-corrected chi connectivity index (χ1v) is 25.7. The third-order valence-corrected chi connectivity index (χ3v) is 11.7. The van der Waals surface area contributed by atoms with Crippen LogP contribution in [0.1, 0.15) is 44.9 Å². The molecule has 67 heavy (non-hydrogen) atoms. The molecule has 4 rings (SSSR count). The van der Waals surface area contributed by atoms with Crippen LogP contribution in [0.15, 0.2) is 18.2 Å². The maximum absolute atomic E-state index is 11.2. The first-order chi connectivity index (χ1) is 32.9. The van der Waals surface area contributed by atoms with E-state index in [2.05, 4.69) is 58.5 Å². The Morgan fingerprint density at radius 2 is 1.13 bits per heavy atom. The number of carbonyl (C=O) groups is 1. The van der Waals surface area contributed by atoms with E-state index in [-0.39, 0.29) is 5.12 Å². The fourth-order valence-corrected chi connectivity index (χ4v) is 7.66. The molecule has 3 aromatic rings. The molecule has 1 fully saturated rings. The van der Waals surface area contributed by atoms with Crippen molar-refractivity contribution in [3.63, 3.8) is 0 Å². The van der Waals surface area contributed by atoms with Gasteiger partial charge in [-0.3, -0.25) is 9.69 Å². The number of thioether (sulfide) groups is 1. The number of ether oxygens (including phenoxy) is 10. The summed E-state index contributed by atoms with van der Waals surface area (Å²) in [5.41, 5.74) is 10.6. The number of nitrogens with two attached hydrogens (primary N) is 1. The molecule has 0 amide bonds. The Morgan fingerprint density at radius 1 is 0.642 bits per heavy atom. The van der Waals surface area contributed by atoms with Gasteiger partial charge in [0.15, 0.2) is 10.9 Å². The van der Waals surface area contributed by atoms with E-state index in [9.17, 15) is 4.79 Å². The average molecular weight is 966 g/mol. The van der Waals surface area contributed by atoms with Crippen molar-refractivity contribution in [2.45, 2.75) is 52.0 Å². The third-order valence-electron chi connectivity index (χ3n) is 11.1. The number of piperazine rings is 1. The second kappa shape index (κ2) is 36.2. The Bertz CT molecular complexity index is 1730. The van der Waals surface area contributed by atoms with Gasteiger partial charge in [0.25, 0.3) is 0 Å². The lowest BCUT2D eigenvalue weighted by Gasteiger charge is -2.36. The highest BCUT2D eigenvalue weighted by atomic mass is 32.2. The van der Waals surface area contributed by atoms with Gasteiger partial charge < -0.3 is 67.5 Å². The SMILES string of the molecule is CCCCc1nc2c(N)nc3ccc(N4CCN(CCOCCOCCOCCOCCOCCOCCOCCOCCOCCOCCC(=O)SC)CC4)cc3c2n1CCCCN(C)C. The van der Waals surface area contributed by atoms with E-state index in [1.165, 1.54) is 17.4 Å². The lowest BCUT2D eigenvalue weighted by Crippen LogP contribution is -2.47. The molecule has 0 unspecified atom stereocenters. The molecule has 382 valence electrons. The summed E-state index contributed by atoms with van der Waals surface area (Å²) in [4.78, 5) is 28.2. The molecule has 18 nitrogen and oxygen atoms in total. The average Bonchev–Trinajstić information content (AvgIpc) is 3.71. The molecule has 0 atom stereocenters. The number of benzene rings is 1. The number of anilines is 2. The second-order valence-corrected chi connectivity index (χ2v) is 17.3. The quantitative estimate of drug-likeness (QED) is 0.0790. The summed E-state index contributed by atoms with van der Waals surface area (Å²) in [7, 11) is 4.26. The molecule has 0 bridgehead atoms. The number of nitrogen functional groups attached to an aromatic ring is 1. The van der Waals surface area contributed by atoms with Crippen LogP contribution < -0.4 is 10.6 Å². The molecule has 0 saturated carbocycles. The number of nitrogens with zero attached hydrogens (tertiary/aromatic N) is 6. The highest BCUT2D eigenvalue weighted by Gasteiger charge is 2.21. The van der Waals surface area contributed by atoms with E-state index in [1.54, 1.807) is 6.26 Å². The number of carbonyl (C=O) groups excluding carboxylic acids is 1. The Labute approximate surface area is 404 Å². The van der Waals surface area contributed by atoms with Gasteiger partial charge >= 0.3 is 0 Å². The van der Waals surface area contributed by atoms with Gasteiger partial charge in [-0.2, -0.15) is 0 Å². The minimum Gasteiger partial charge on any atom is -0.382 e. The number of aromatic nitrogens is 3. The van der Waals surface area contributed by atoms with E-state index in [1.807, 2.05) is 0 Å². The summed E-state index contributed by atoms with van der Waals surface area (Å²) in [6, 6.07) is 6.62. The predicted octanol–water partition coefficient (Wildman–Crippen LogP) is 4.42. The largest absolute Gasteiger partial charge is 0.382 e. The molecule has 3 heterocycles. The first-order valence-electron chi connectivity index (χ1n) is 24.5. The number of unbranched alkanes of at least 4 members (excludes halogenated alkanes) is 2. The van der Waals surface area contributed by atoms with Crippen molar-refractivity contribution in [1.82, 2.24) is 24.3 Å². The zero-order chi connectivity index (χ0) is 47.6. The third kappa shape index (κ3) is 23.6. The van der Waals surface area contributed by atoms with Crippen LogP contribution in [-0.4, -0.2) is 221 Å². The van der Waals surface area contributed by atoms with Crippen LogP contribution in [0.2, 0.25) is 0 Å². The van der Waals surface area contributed by atoms with Crippen LogP contribution in [0.5, 0.6) is 0 Å². The van der Waals surface area contributed by atoms with Crippen molar-refractivity contribution in [1.29, 1.82) is 0 Å². The van der Waals surface area contributed by atoms with Gasteiger partial charge in [0.2, 0.25) is 0 Å². The van der Waals surface area contributed by atoms with E-state index in [0.717, 1.165) is 106 Å². The van der Waals surface area contributed by atoms with Crippen LogP contribution in [0.4, 0.5) is 11.5 Å². The van der Waals surface area contributed by atoms with E-state index < -0.39 is 0 Å². The lowest BCUT2D eigenvalue weighted by atomic mass is 10.1. The number of fused-ring (bicyclic) bond motifs is 3. The number of hydrogen-bond acceptors (Lipinski definition) is 18. The van der Waals surface area contributed by atoms with E-state index in [0.29, 0.717) is 144 Å². The number of pyridine rings is 1. The molecular weight excluding hydrogens is 883 g/mol. The van der Waals surface area contributed by atoms with Crippen molar-refractivity contribution in [2.24, 2.45) is 0 Å². The van der Waals surface area contributed by atoms with E-state index in [4.69, 9.17) is 63.1 Å². The summed E-state index contributed by atoms with van der Waals surface area (Å²) in [6.45, 7) is 19.2. The number of hydrogen-bond donors (Lipinski definition) is 1. The van der Waals surface area contributed by atoms with Crippen LogP contribution in [0, 0.1) is 0 Å². The molecule has 19 heteroatoms. The topological polar surface area (TPSA) is 176 Å². The fraction of sp³-hybridized carbons (Fsp3) is 0.771. The Kier molecular flexibility index (Phi) is 30.7. The van der Waals surface area contributed by atoms with Crippen molar-refractivity contribution < 1.29 is 52.2 Å². The van der Waals surface area contributed by atoms with Gasteiger partial charge in [0.05, 0.1) is 143 Å². The molecule has 0 radical (unpaired) electrons. The zero-order valence-corrected chi connectivity index (χ0v) is 42.0. The van der Waals surface area contributed by atoms with Gasteiger partial charge in [-0.05, 0) is 64.4 Å². The highest BCUT2D eigenvalue weighted by molar-refractivity contribution is 8.13. The van der Waals surface area contributed by atoms with Crippen molar-refractivity contribution in [2.75, 3.05) is 202 Å². The number of imidazole rings is 1. The summed E-state index contributed by atoms with van der Waals surface area (Å²) in [6.07, 6.45) is 7.61. The molecule has 0 aliphatic carbocycles. The Hall–Kier alpha value is -2.76. The molecule has 1 aromatic carbocycles. The molecule has 1 aliphatic rings. The molecule has 1 saturated heterocycles. The normalized spacial score (nSPS) is 13.6. The molecular formula is C48H83N7O11S. The predicted molar refractivity (Wildman–Crippen MR) is 266 cm³/mol. The minimum atomic E-state index is 0.131. The van der Waals surface area contributed by atoms with Gasteiger partial charge in [-0.1, -0.05) is 25.1 Å². The van der Waals surface area contributed by atoms with Crippen LogP contribution in [0.25, 0.3) is 21.9 Å². The van der Waals surface area contributed by atoms with Gasteiger partial charge in [-0.25, -0.2) is 9.97 Å². The number of aryl methyl sites for hydroxylation is 2. The molecule has 2 N–H and O–H groups in total. The van der Waals surface area contributed by atoms with Crippen molar-refractivity contribution in [3.05, 3.63) is 24.0 Å². The monoisotopic (exact) mass is 966 g/mol. The van der Waals surface area contributed by atoms with Crippen LogP contribution in [0.3, 0.4) is 0 Å².